The molecule has 0 aromatic heterocycles. The van der Waals surface area contributed by atoms with Crippen molar-refractivity contribution in [2.75, 3.05) is 24.8 Å². The van der Waals surface area contributed by atoms with E-state index in [1.54, 1.807) is 0 Å². The third-order valence-electron chi connectivity index (χ3n) is 1.77. The first-order valence-corrected chi connectivity index (χ1v) is 7.59. The van der Waals surface area contributed by atoms with E-state index in [1.807, 2.05) is 0 Å². The average Bonchev–Trinajstić information content (AvgIpc) is 2.14. The Kier molecular flexibility index (Phi) is 7.61. The summed E-state index contributed by atoms with van der Waals surface area (Å²) in [5.74, 6) is -0.542. The topological polar surface area (TPSA) is 55.4 Å². The summed E-state index contributed by atoms with van der Waals surface area (Å²) >= 11 is 3.08. The van der Waals surface area contributed by atoms with Crippen LogP contribution >= 0.6 is 15.9 Å². The van der Waals surface area contributed by atoms with E-state index in [4.69, 9.17) is 4.74 Å². The molecule has 0 bridgehead atoms. The van der Waals surface area contributed by atoms with Gasteiger partial charge in [-0.25, -0.2) is 13.1 Å². The second kappa shape index (κ2) is 7.55. The first-order valence-electron chi connectivity index (χ1n) is 4.82. The van der Waals surface area contributed by atoms with Gasteiger partial charge in [-0.2, -0.15) is 13.2 Å². The standard InChI is InChI=1S/C8H15BrF3NO3S/c1-16-6-7(5-9)13-17(14,15)4-2-3-8(10,11)12/h7,13H,2-6H2,1H3. The van der Waals surface area contributed by atoms with Gasteiger partial charge < -0.3 is 4.74 Å². The van der Waals surface area contributed by atoms with Crippen LogP contribution in [0.25, 0.3) is 0 Å². The van der Waals surface area contributed by atoms with Crippen LogP contribution in [0.3, 0.4) is 0 Å². The Morgan fingerprint density at radius 1 is 1.41 bits per heavy atom. The molecule has 1 N–H and O–H groups in total. The number of nitrogens with one attached hydrogen (secondary N) is 1. The highest BCUT2D eigenvalue weighted by atomic mass is 79.9. The minimum Gasteiger partial charge on any atom is -0.383 e. The molecule has 104 valence electrons. The molecule has 0 aromatic rings. The van der Waals surface area contributed by atoms with Crippen LogP contribution in [-0.4, -0.2) is 45.4 Å². The average molecular weight is 342 g/mol. The van der Waals surface area contributed by atoms with Crippen molar-refractivity contribution in [3.63, 3.8) is 0 Å². The molecule has 0 saturated heterocycles. The number of halogens is 4. The van der Waals surface area contributed by atoms with E-state index in [-0.39, 0.29) is 6.61 Å². The highest BCUT2D eigenvalue weighted by Crippen LogP contribution is 2.21. The Bertz CT molecular complexity index is 308. The highest BCUT2D eigenvalue weighted by molar-refractivity contribution is 9.09. The van der Waals surface area contributed by atoms with Gasteiger partial charge in [0.2, 0.25) is 10.0 Å². The van der Waals surface area contributed by atoms with Crippen LogP contribution in [0, 0.1) is 0 Å². The lowest BCUT2D eigenvalue weighted by Crippen LogP contribution is -2.40. The number of sulfonamides is 1. The number of alkyl halides is 4. The quantitative estimate of drug-likeness (QED) is 0.683. The summed E-state index contributed by atoms with van der Waals surface area (Å²) in [5.41, 5.74) is 0. The zero-order valence-electron chi connectivity index (χ0n) is 9.26. The first-order chi connectivity index (χ1) is 7.70. The second-order valence-electron chi connectivity index (χ2n) is 3.46. The Hall–Kier alpha value is 0.140. The normalized spacial score (nSPS) is 14.9. The molecule has 0 aliphatic heterocycles. The van der Waals surface area contributed by atoms with Gasteiger partial charge in [-0.05, 0) is 6.42 Å². The van der Waals surface area contributed by atoms with E-state index < -0.39 is 40.8 Å². The molecule has 1 unspecified atom stereocenters. The van der Waals surface area contributed by atoms with E-state index in [0.29, 0.717) is 5.33 Å². The fourth-order valence-corrected chi connectivity index (χ4v) is 2.95. The predicted molar refractivity (Wildman–Crippen MR) is 61.7 cm³/mol. The van der Waals surface area contributed by atoms with Crippen molar-refractivity contribution in [1.82, 2.24) is 4.72 Å². The van der Waals surface area contributed by atoms with Crippen molar-refractivity contribution in [2.45, 2.75) is 25.1 Å². The molecular weight excluding hydrogens is 327 g/mol. The maximum atomic E-state index is 11.8. The van der Waals surface area contributed by atoms with Crippen LogP contribution in [0.2, 0.25) is 0 Å². The molecule has 4 nitrogen and oxygen atoms in total. The summed E-state index contributed by atoms with van der Waals surface area (Å²) in [6, 6.07) is -0.476. The third-order valence-corrected chi connectivity index (χ3v) is 4.07. The van der Waals surface area contributed by atoms with E-state index >= 15 is 0 Å². The Labute approximate surface area is 107 Å². The lowest BCUT2D eigenvalue weighted by Gasteiger charge is -2.15. The summed E-state index contributed by atoms with van der Waals surface area (Å²) in [5, 5.41) is 0.333. The Balaban J connectivity index is 4.11. The molecule has 0 heterocycles. The van der Waals surface area contributed by atoms with Gasteiger partial charge >= 0.3 is 6.18 Å². The zero-order valence-corrected chi connectivity index (χ0v) is 11.7. The van der Waals surface area contributed by atoms with E-state index in [2.05, 4.69) is 20.7 Å². The molecule has 9 heteroatoms. The van der Waals surface area contributed by atoms with Crippen LogP contribution in [0.1, 0.15) is 12.8 Å². The smallest absolute Gasteiger partial charge is 0.383 e. The monoisotopic (exact) mass is 341 g/mol. The van der Waals surface area contributed by atoms with Gasteiger partial charge in [0.1, 0.15) is 0 Å². The summed E-state index contributed by atoms with van der Waals surface area (Å²) in [6.45, 7) is 0.156. The fourth-order valence-electron chi connectivity index (χ4n) is 1.09. The predicted octanol–water partition coefficient (Wildman–Crippen LogP) is 1.66. The molecule has 0 aliphatic rings. The molecule has 0 fully saturated rings. The molecule has 0 spiro atoms. The van der Waals surface area contributed by atoms with Gasteiger partial charge in [0.05, 0.1) is 18.4 Å². The third kappa shape index (κ3) is 9.81. The number of hydrogen-bond acceptors (Lipinski definition) is 3. The van der Waals surface area contributed by atoms with Crippen LogP contribution in [0.15, 0.2) is 0 Å². The van der Waals surface area contributed by atoms with Crippen LogP contribution in [0.5, 0.6) is 0 Å². The van der Waals surface area contributed by atoms with Crippen molar-refractivity contribution >= 4 is 26.0 Å². The summed E-state index contributed by atoms with van der Waals surface area (Å²) in [6.07, 6.45) is -5.87. The Morgan fingerprint density at radius 2 is 2.00 bits per heavy atom. The molecule has 0 rings (SSSR count). The van der Waals surface area contributed by atoms with Crippen LogP contribution in [0.4, 0.5) is 13.2 Å². The summed E-state index contributed by atoms with van der Waals surface area (Å²) in [4.78, 5) is 0. The van der Waals surface area contributed by atoms with Crippen LogP contribution in [-0.2, 0) is 14.8 Å². The lowest BCUT2D eigenvalue weighted by atomic mass is 10.3. The number of ether oxygens (including phenoxy) is 1. The minimum atomic E-state index is -4.32. The van der Waals surface area contributed by atoms with E-state index in [9.17, 15) is 21.6 Å². The fraction of sp³-hybridized carbons (Fsp3) is 1.00. The van der Waals surface area contributed by atoms with Gasteiger partial charge in [0, 0.05) is 18.9 Å². The SMILES string of the molecule is COCC(CBr)NS(=O)(=O)CCCC(F)(F)F. The zero-order chi connectivity index (χ0) is 13.5. The maximum absolute atomic E-state index is 11.8. The molecular formula is C8H15BrF3NO3S. The first kappa shape index (κ1) is 17.1. The lowest BCUT2D eigenvalue weighted by molar-refractivity contribution is -0.134. The number of rotatable bonds is 8. The maximum Gasteiger partial charge on any atom is 0.389 e. The largest absolute Gasteiger partial charge is 0.389 e. The summed E-state index contributed by atoms with van der Waals surface area (Å²) in [7, 11) is -2.29. The number of hydrogen-bond donors (Lipinski definition) is 1. The minimum absolute atomic E-state index is 0.156. The van der Waals surface area contributed by atoms with Crippen molar-refractivity contribution in [2.24, 2.45) is 0 Å². The Morgan fingerprint density at radius 3 is 2.41 bits per heavy atom. The van der Waals surface area contributed by atoms with Crippen molar-refractivity contribution < 1.29 is 26.3 Å². The van der Waals surface area contributed by atoms with Gasteiger partial charge in [-0.15, -0.1) is 0 Å². The second-order valence-corrected chi connectivity index (χ2v) is 5.98. The molecule has 0 radical (unpaired) electrons. The van der Waals surface area contributed by atoms with Gasteiger partial charge in [0.15, 0.2) is 0 Å². The molecule has 17 heavy (non-hydrogen) atoms. The molecule has 0 aliphatic carbocycles. The molecule has 0 amide bonds. The number of methoxy groups -OCH3 is 1. The molecule has 0 saturated carbocycles. The summed E-state index contributed by atoms with van der Waals surface area (Å²) < 4.78 is 65.3. The van der Waals surface area contributed by atoms with E-state index in [1.165, 1.54) is 7.11 Å². The molecule has 1 atom stereocenters. The van der Waals surface area contributed by atoms with Gasteiger partial charge in [-0.3, -0.25) is 0 Å². The van der Waals surface area contributed by atoms with Crippen LogP contribution < -0.4 is 4.72 Å². The van der Waals surface area contributed by atoms with Crippen molar-refractivity contribution in [1.29, 1.82) is 0 Å². The van der Waals surface area contributed by atoms with Crippen molar-refractivity contribution in [3.05, 3.63) is 0 Å². The molecule has 0 aromatic carbocycles. The van der Waals surface area contributed by atoms with Crippen molar-refractivity contribution in [3.8, 4) is 0 Å². The van der Waals surface area contributed by atoms with Gasteiger partial charge in [-0.1, -0.05) is 15.9 Å². The van der Waals surface area contributed by atoms with E-state index in [0.717, 1.165) is 0 Å². The highest BCUT2D eigenvalue weighted by Gasteiger charge is 2.27. The van der Waals surface area contributed by atoms with Gasteiger partial charge in [0.25, 0.3) is 0 Å².